The lowest BCUT2D eigenvalue weighted by atomic mass is 9.98. The maximum Gasteiger partial charge on any atom is 0.407 e. The molecule has 3 N–H and O–H groups in total. The fourth-order valence-corrected chi connectivity index (χ4v) is 4.58. The number of rotatable bonds is 13. The molecule has 1 aliphatic carbocycles. The third-order valence-electron chi connectivity index (χ3n) is 6.49. The van der Waals surface area contributed by atoms with Gasteiger partial charge in [-0.1, -0.05) is 73.3 Å². The lowest BCUT2D eigenvalue weighted by Gasteiger charge is -2.17. The number of fused-ring (bicyclic) bond motifs is 3. The zero-order valence-electron chi connectivity index (χ0n) is 22.0. The van der Waals surface area contributed by atoms with Gasteiger partial charge in [-0.25, -0.2) is 14.4 Å². The summed E-state index contributed by atoms with van der Waals surface area (Å²) < 4.78 is 16.0. The van der Waals surface area contributed by atoms with Crippen molar-refractivity contribution in [1.82, 2.24) is 10.6 Å². The Balaban J connectivity index is 1.24. The van der Waals surface area contributed by atoms with Gasteiger partial charge in [0.25, 0.3) is 0 Å². The van der Waals surface area contributed by atoms with Crippen LogP contribution in [0.3, 0.4) is 0 Å². The minimum absolute atomic E-state index is 0.0799. The minimum Gasteiger partial charge on any atom is -0.494 e. The summed E-state index contributed by atoms with van der Waals surface area (Å²) >= 11 is 0. The quantitative estimate of drug-likeness (QED) is 0.207. The Morgan fingerprint density at radius 3 is 2.17 bits per heavy atom. The highest BCUT2D eigenvalue weighted by molar-refractivity contribution is 5.81. The van der Waals surface area contributed by atoms with Crippen LogP contribution in [0, 0.1) is 0 Å². The van der Waals surface area contributed by atoms with Crippen molar-refractivity contribution in [2.75, 3.05) is 26.4 Å². The third kappa shape index (κ3) is 7.41. The average Bonchev–Trinajstić information content (AvgIpc) is 3.28. The maximum absolute atomic E-state index is 12.6. The highest BCUT2D eigenvalue weighted by Gasteiger charge is 2.29. The lowest BCUT2D eigenvalue weighted by molar-refractivity contribution is -0.139. The molecule has 0 aliphatic heterocycles. The lowest BCUT2D eigenvalue weighted by Crippen LogP contribution is -2.42. The van der Waals surface area contributed by atoms with Crippen LogP contribution in [0.5, 0.6) is 5.75 Å². The number of carbonyl (C=O) groups is 3. The Morgan fingerprint density at radius 2 is 1.55 bits per heavy atom. The highest BCUT2D eigenvalue weighted by Crippen LogP contribution is 2.44. The molecule has 0 fully saturated rings. The van der Waals surface area contributed by atoms with Gasteiger partial charge in [-0.3, -0.25) is 0 Å². The Labute approximate surface area is 232 Å². The van der Waals surface area contributed by atoms with E-state index in [9.17, 15) is 19.5 Å². The summed E-state index contributed by atoms with van der Waals surface area (Å²) in [5.41, 5.74) is 5.10. The molecule has 0 radical (unpaired) electrons. The molecular formula is C31H32N2O7. The highest BCUT2D eigenvalue weighted by atomic mass is 16.6. The van der Waals surface area contributed by atoms with E-state index in [0.717, 1.165) is 22.3 Å². The predicted octanol–water partition coefficient (Wildman–Crippen LogP) is 4.90. The van der Waals surface area contributed by atoms with Gasteiger partial charge in [0.15, 0.2) is 0 Å². The first-order valence-corrected chi connectivity index (χ1v) is 13.0. The molecule has 2 amide bonds. The van der Waals surface area contributed by atoms with Gasteiger partial charge >= 0.3 is 18.2 Å². The summed E-state index contributed by atoms with van der Waals surface area (Å²) in [5.74, 6) is -0.668. The van der Waals surface area contributed by atoms with E-state index in [2.05, 4.69) is 17.2 Å². The van der Waals surface area contributed by atoms with E-state index in [0.29, 0.717) is 30.9 Å². The van der Waals surface area contributed by atoms with Crippen molar-refractivity contribution in [2.45, 2.75) is 24.8 Å². The fourth-order valence-electron chi connectivity index (χ4n) is 4.58. The van der Waals surface area contributed by atoms with E-state index in [4.69, 9.17) is 14.2 Å². The molecule has 40 heavy (non-hydrogen) atoms. The number of aliphatic carboxylic acids is 1. The van der Waals surface area contributed by atoms with Crippen LogP contribution in [-0.2, 0) is 20.7 Å². The third-order valence-corrected chi connectivity index (χ3v) is 6.49. The number of alkyl carbamates (subject to hydrolysis) is 2. The topological polar surface area (TPSA) is 123 Å². The molecule has 0 bridgehead atoms. The van der Waals surface area contributed by atoms with E-state index in [1.54, 1.807) is 24.3 Å². The predicted molar refractivity (Wildman–Crippen MR) is 149 cm³/mol. The largest absolute Gasteiger partial charge is 0.494 e. The van der Waals surface area contributed by atoms with E-state index >= 15 is 0 Å². The number of carboxylic acids is 1. The molecule has 3 aromatic rings. The second kappa shape index (κ2) is 13.8. The van der Waals surface area contributed by atoms with Crippen LogP contribution in [0.2, 0.25) is 0 Å². The molecule has 0 aromatic heterocycles. The van der Waals surface area contributed by atoms with Crippen molar-refractivity contribution in [3.63, 3.8) is 0 Å². The van der Waals surface area contributed by atoms with Crippen LogP contribution in [0.4, 0.5) is 9.59 Å². The smallest absolute Gasteiger partial charge is 0.407 e. The summed E-state index contributed by atoms with van der Waals surface area (Å²) in [6, 6.07) is 21.8. The van der Waals surface area contributed by atoms with Gasteiger partial charge in [0.05, 0.1) is 6.61 Å². The van der Waals surface area contributed by atoms with Crippen LogP contribution < -0.4 is 15.4 Å². The molecule has 208 valence electrons. The Kier molecular flexibility index (Phi) is 9.77. The second-order valence-electron chi connectivity index (χ2n) is 9.22. The van der Waals surface area contributed by atoms with Gasteiger partial charge in [-0.2, -0.15) is 0 Å². The first-order valence-electron chi connectivity index (χ1n) is 13.0. The van der Waals surface area contributed by atoms with Gasteiger partial charge in [-0.15, -0.1) is 0 Å². The number of amides is 2. The number of benzene rings is 3. The number of nitrogens with one attached hydrogen (secondary N) is 2. The Hall–Kier alpha value is -4.79. The molecule has 0 unspecified atom stereocenters. The van der Waals surface area contributed by atoms with Crippen molar-refractivity contribution in [3.05, 3.63) is 102 Å². The maximum atomic E-state index is 12.6. The summed E-state index contributed by atoms with van der Waals surface area (Å²) in [7, 11) is 0. The summed E-state index contributed by atoms with van der Waals surface area (Å²) in [6.45, 7) is 4.50. The molecule has 1 aliphatic rings. The molecular weight excluding hydrogens is 512 g/mol. The van der Waals surface area contributed by atoms with Crippen LogP contribution in [0.1, 0.15) is 29.0 Å². The standard InChI is InChI=1S/C31H32N2O7/c1-2-17-39-30(36)32-16-7-18-38-22-14-12-21(13-15-22)19-28(29(34)35)33-31(37)40-20-27-25-10-5-3-8-23(25)24-9-4-6-11-26(24)27/h2-6,8-15,27-28H,1,7,16-20H2,(H,32,36)(H,33,37)(H,34,35)/t28-/m0/s1. The zero-order valence-corrected chi connectivity index (χ0v) is 22.0. The van der Waals surface area contributed by atoms with Gasteiger partial charge in [0, 0.05) is 18.9 Å². The van der Waals surface area contributed by atoms with Crippen LogP contribution in [-0.4, -0.2) is 55.7 Å². The number of hydrogen-bond acceptors (Lipinski definition) is 6. The normalized spacial score (nSPS) is 12.4. The molecule has 0 saturated heterocycles. The SMILES string of the molecule is C=CCOC(=O)NCCCOc1ccc(C[C@H](NC(=O)OCC2c3ccccc3-c3ccccc32)C(=O)O)cc1. The zero-order chi connectivity index (χ0) is 28.3. The van der Waals surface area contributed by atoms with Crippen molar-refractivity contribution in [3.8, 4) is 16.9 Å². The molecule has 0 spiro atoms. The molecule has 9 heteroatoms. The summed E-state index contributed by atoms with van der Waals surface area (Å²) in [4.78, 5) is 35.8. The Bertz CT molecular complexity index is 1290. The molecule has 1 atom stereocenters. The van der Waals surface area contributed by atoms with Gasteiger partial charge in [-0.05, 0) is 46.4 Å². The number of ether oxygens (including phenoxy) is 3. The minimum atomic E-state index is -1.16. The summed E-state index contributed by atoms with van der Waals surface area (Å²) in [6.07, 6.45) is 0.856. The van der Waals surface area contributed by atoms with Gasteiger partial charge < -0.3 is 30.0 Å². The van der Waals surface area contributed by atoms with Crippen molar-refractivity contribution >= 4 is 18.2 Å². The molecule has 3 aromatic carbocycles. The van der Waals surface area contributed by atoms with Crippen LogP contribution >= 0.6 is 0 Å². The van der Waals surface area contributed by atoms with E-state index < -0.39 is 24.2 Å². The monoisotopic (exact) mass is 544 g/mol. The second-order valence-corrected chi connectivity index (χ2v) is 9.22. The van der Waals surface area contributed by atoms with Gasteiger partial charge in [0.2, 0.25) is 0 Å². The molecule has 0 saturated carbocycles. The van der Waals surface area contributed by atoms with Crippen LogP contribution in [0.25, 0.3) is 11.1 Å². The Morgan fingerprint density at radius 1 is 0.900 bits per heavy atom. The van der Waals surface area contributed by atoms with Crippen molar-refractivity contribution in [1.29, 1.82) is 0 Å². The summed E-state index contributed by atoms with van der Waals surface area (Å²) in [5, 5.41) is 14.8. The van der Waals surface area contributed by atoms with Crippen molar-refractivity contribution < 1.29 is 33.7 Å². The molecule has 9 nitrogen and oxygen atoms in total. The molecule has 4 rings (SSSR count). The van der Waals surface area contributed by atoms with Crippen LogP contribution in [0.15, 0.2) is 85.5 Å². The van der Waals surface area contributed by atoms with E-state index in [1.807, 2.05) is 48.5 Å². The van der Waals surface area contributed by atoms with E-state index in [-0.39, 0.29) is 25.6 Å². The van der Waals surface area contributed by atoms with Gasteiger partial charge in [0.1, 0.15) is 25.0 Å². The number of carbonyl (C=O) groups excluding carboxylic acids is 2. The first-order chi connectivity index (χ1) is 19.5. The number of hydrogen-bond donors (Lipinski definition) is 3. The average molecular weight is 545 g/mol. The van der Waals surface area contributed by atoms with E-state index in [1.165, 1.54) is 6.08 Å². The van der Waals surface area contributed by atoms with Crippen molar-refractivity contribution in [2.24, 2.45) is 0 Å². The fraction of sp³-hybridized carbons (Fsp3) is 0.258. The first kappa shape index (κ1) is 28.2. The number of carboxylic acid groups (broad SMARTS) is 1. The molecule has 0 heterocycles.